The average Bonchev–Trinajstić information content (AvgIpc) is 2.59. The zero-order valence-corrected chi connectivity index (χ0v) is 6.88. The van der Waals surface area contributed by atoms with Gasteiger partial charge in [-0.05, 0) is 19.3 Å². The maximum Gasteiger partial charge on any atom is 0.324 e. The Labute approximate surface area is 70.7 Å². The quantitative estimate of drug-likeness (QED) is 0.581. The third-order valence-electron chi connectivity index (χ3n) is 3.27. The van der Waals surface area contributed by atoms with Gasteiger partial charge in [0.05, 0.1) is 0 Å². The van der Waals surface area contributed by atoms with Crippen LogP contribution in [0.5, 0.6) is 0 Å². The summed E-state index contributed by atoms with van der Waals surface area (Å²) in [5.74, 6) is -0.857. The van der Waals surface area contributed by atoms with E-state index in [1.807, 2.05) is 0 Å². The number of hydrogen-bond acceptors (Lipinski definition) is 3. The second kappa shape index (κ2) is 2.20. The van der Waals surface area contributed by atoms with Crippen molar-refractivity contribution in [3.05, 3.63) is 0 Å². The van der Waals surface area contributed by atoms with Crippen molar-refractivity contribution in [1.82, 2.24) is 0 Å². The molecule has 0 bridgehead atoms. The summed E-state index contributed by atoms with van der Waals surface area (Å²) in [7, 11) is 0. The van der Waals surface area contributed by atoms with E-state index in [-0.39, 0.29) is 5.41 Å². The van der Waals surface area contributed by atoms with Crippen LogP contribution in [0.3, 0.4) is 0 Å². The Morgan fingerprint density at radius 3 is 2.42 bits per heavy atom. The molecule has 0 radical (unpaired) electrons. The van der Waals surface area contributed by atoms with E-state index in [1.54, 1.807) is 0 Å². The third-order valence-corrected chi connectivity index (χ3v) is 3.27. The van der Waals surface area contributed by atoms with Crippen molar-refractivity contribution >= 4 is 5.97 Å². The van der Waals surface area contributed by atoms with Gasteiger partial charge >= 0.3 is 5.97 Å². The van der Waals surface area contributed by atoms with Crippen LogP contribution in [0.25, 0.3) is 0 Å². The number of nitrogens with two attached hydrogens (primary N) is 1. The molecule has 1 aliphatic heterocycles. The van der Waals surface area contributed by atoms with Crippen LogP contribution in [0.15, 0.2) is 0 Å². The minimum Gasteiger partial charge on any atom is -0.480 e. The van der Waals surface area contributed by atoms with E-state index in [1.165, 1.54) is 0 Å². The molecular weight excluding hydrogens is 158 g/mol. The van der Waals surface area contributed by atoms with E-state index in [4.69, 9.17) is 15.6 Å². The highest BCUT2D eigenvalue weighted by Gasteiger charge is 2.69. The maximum absolute atomic E-state index is 10.8. The van der Waals surface area contributed by atoms with Crippen molar-refractivity contribution in [2.45, 2.75) is 24.8 Å². The number of rotatable bonds is 1. The molecule has 4 nitrogen and oxygen atoms in total. The van der Waals surface area contributed by atoms with E-state index in [0.717, 1.165) is 12.8 Å². The summed E-state index contributed by atoms with van der Waals surface area (Å²) in [5.41, 5.74) is 4.65. The SMILES string of the molecule is NC1(C(=O)O)CC12CCOCC2. The summed E-state index contributed by atoms with van der Waals surface area (Å²) >= 11 is 0. The second-order valence-electron chi connectivity index (χ2n) is 3.85. The van der Waals surface area contributed by atoms with Crippen LogP contribution in [0, 0.1) is 5.41 Å². The van der Waals surface area contributed by atoms with Gasteiger partial charge in [-0.1, -0.05) is 0 Å². The first-order chi connectivity index (χ1) is 5.61. The lowest BCUT2D eigenvalue weighted by Crippen LogP contribution is -2.41. The van der Waals surface area contributed by atoms with Gasteiger partial charge in [0.2, 0.25) is 0 Å². The van der Waals surface area contributed by atoms with E-state index < -0.39 is 11.5 Å². The Balaban J connectivity index is 2.12. The van der Waals surface area contributed by atoms with Gasteiger partial charge in [0, 0.05) is 18.6 Å². The second-order valence-corrected chi connectivity index (χ2v) is 3.85. The summed E-state index contributed by atoms with van der Waals surface area (Å²) in [4.78, 5) is 10.8. The first kappa shape index (κ1) is 8.01. The molecule has 2 fully saturated rings. The Morgan fingerprint density at radius 1 is 1.42 bits per heavy atom. The highest BCUT2D eigenvalue weighted by Crippen LogP contribution is 2.60. The Bertz CT molecular complexity index is 222. The van der Waals surface area contributed by atoms with Gasteiger partial charge in [0.25, 0.3) is 0 Å². The van der Waals surface area contributed by atoms with Crippen molar-refractivity contribution in [2.75, 3.05) is 13.2 Å². The first-order valence-corrected chi connectivity index (χ1v) is 4.21. The average molecular weight is 171 g/mol. The van der Waals surface area contributed by atoms with Crippen LogP contribution in [0.1, 0.15) is 19.3 Å². The van der Waals surface area contributed by atoms with Crippen LogP contribution in [0.4, 0.5) is 0 Å². The van der Waals surface area contributed by atoms with Crippen molar-refractivity contribution < 1.29 is 14.6 Å². The van der Waals surface area contributed by atoms with Crippen molar-refractivity contribution in [3.8, 4) is 0 Å². The molecule has 1 unspecified atom stereocenters. The summed E-state index contributed by atoms with van der Waals surface area (Å²) in [5, 5.41) is 8.86. The van der Waals surface area contributed by atoms with E-state index in [9.17, 15) is 4.79 Å². The van der Waals surface area contributed by atoms with Crippen LogP contribution in [-0.4, -0.2) is 29.8 Å². The van der Waals surface area contributed by atoms with Gasteiger partial charge in [-0.2, -0.15) is 0 Å². The number of aliphatic carboxylic acids is 1. The summed E-state index contributed by atoms with van der Waals surface area (Å²) < 4.78 is 5.17. The molecule has 1 aliphatic carbocycles. The largest absolute Gasteiger partial charge is 0.480 e. The standard InChI is InChI=1S/C8H13NO3/c9-8(6(10)11)5-7(8)1-3-12-4-2-7/h1-5,9H2,(H,10,11). The molecule has 2 rings (SSSR count). The molecular formula is C8H13NO3. The fourth-order valence-corrected chi connectivity index (χ4v) is 2.18. The minimum absolute atomic E-state index is 0.142. The highest BCUT2D eigenvalue weighted by molar-refractivity contribution is 5.84. The molecule has 1 saturated carbocycles. The van der Waals surface area contributed by atoms with Crippen molar-refractivity contribution in [2.24, 2.45) is 11.1 Å². The fourth-order valence-electron chi connectivity index (χ4n) is 2.18. The van der Waals surface area contributed by atoms with Crippen LogP contribution < -0.4 is 5.73 Å². The number of carbonyl (C=O) groups is 1. The van der Waals surface area contributed by atoms with Crippen LogP contribution >= 0.6 is 0 Å². The Kier molecular flexibility index (Phi) is 1.47. The van der Waals surface area contributed by atoms with E-state index in [2.05, 4.69) is 0 Å². The summed E-state index contributed by atoms with van der Waals surface area (Å²) in [6, 6.07) is 0. The zero-order valence-electron chi connectivity index (χ0n) is 6.88. The molecule has 2 aliphatic rings. The van der Waals surface area contributed by atoms with Crippen LogP contribution in [0.2, 0.25) is 0 Å². The maximum atomic E-state index is 10.8. The van der Waals surface area contributed by atoms with Gasteiger partial charge < -0.3 is 15.6 Å². The lowest BCUT2D eigenvalue weighted by molar-refractivity contribution is -0.141. The zero-order chi connectivity index (χ0) is 8.82. The number of hydrogen-bond donors (Lipinski definition) is 2. The van der Waals surface area contributed by atoms with Gasteiger partial charge in [-0.25, -0.2) is 0 Å². The Morgan fingerprint density at radius 2 is 2.00 bits per heavy atom. The fraction of sp³-hybridized carbons (Fsp3) is 0.875. The lowest BCUT2D eigenvalue weighted by atomic mass is 9.91. The van der Waals surface area contributed by atoms with Crippen molar-refractivity contribution in [1.29, 1.82) is 0 Å². The molecule has 4 heteroatoms. The molecule has 0 aromatic carbocycles. The molecule has 3 N–H and O–H groups in total. The topological polar surface area (TPSA) is 72.6 Å². The van der Waals surface area contributed by atoms with E-state index >= 15 is 0 Å². The molecule has 0 aromatic rings. The van der Waals surface area contributed by atoms with Gasteiger partial charge in [-0.15, -0.1) is 0 Å². The molecule has 1 spiro atoms. The van der Waals surface area contributed by atoms with Crippen molar-refractivity contribution in [3.63, 3.8) is 0 Å². The third kappa shape index (κ3) is 0.820. The summed E-state index contributed by atoms with van der Waals surface area (Å²) in [6.07, 6.45) is 2.23. The van der Waals surface area contributed by atoms with Crippen LogP contribution in [-0.2, 0) is 9.53 Å². The molecule has 68 valence electrons. The van der Waals surface area contributed by atoms with Gasteiger partial charge in [0.1, 0.15) is 5.54 Å². The molecule has 1 atom stereocenters. The monoisotopic (exact) mass is 171 g/mol. The smallest absolute Gasteiger partial charge is 0.324 e. The highest BCUT2D eigenvalue weighted by atomic mass is 16.5. The number of carboxylic acids is 1. The van der Waals surface area contributed by atoms with Gasteiger partial charge in [-0.3, -0.25) is 4.79 Å². The van der Waals surface area contributed by atoms with E-state index in [0.29, 0.717) is 19.6 Å². The first-order valence-electron chi connectivity index (χ1n) is 4.21. The van der Waals surface area contributed by atoms with Gasteiger partial charge in [0.15, 0.2) is 0 Å². The molecule has 1 saturated heterocycles. The normalized spacial score (nSPS) is 38.1. The summed E-state index contributed by atoms with van der Waals surface area (Å²) in [6.45, 7) is 1.32. The number of carboxylic acid groups (broad SMARTS) is 1. The lowest BCUT2D eigenvalue weighted by Gasteiger charge is -2.24. The molecule has 0 amide bonds. The predicted molar refractivity (Wildman–Crippen MR) is 41.7 cm³/mol. The predicted octanol–water partition coefficient (Wildman–Crippen LogP) is -0.0310. The minimum atomic E-state index is -0.948. The molecule has 0 aromatic heterocycles. The Hall–Kier alpha value is -0.610. The molecule has 12 heavy (non-hydrogen) atoms. The number of ether oxygens (including phenoxy) is 1. The molecule has 1 heterocycles.